The van der Waals surface area contributed by atoms with Crippen molar-refractivity contribution in [1.82, 2.24) is 20.4 Å². The normalized spacial score (nSPS) is 24.7. The second-order valence-corrected chi connectivity index (χ2v) is 9.11. The van der Waals surface area contributed by atoms with E-state index in [-0.39, 0.29) is 23.8 Å². The van der Waals surface area contributed by atoms with Crippen molar-refractivity contribution in [3.05, 3.63) is 35.9 Å². The third kappa shape index (κ3) is 5.61. The van der Waals surface area contributed by atoms with Gasteiger partial charge in [0.2, 0.25) is 11.8 Å². The molecule has 3 aliphatic heterocycles. The predicted molar refractivity (Wildman–Crippen MR) is 118 cm³/mol. The number of nitrogens with one attached hydrogen (secondary N) is 2. The third-order valence-electron chi connectivity index (χ3n) is 7.12. The minimum Gasteiger partial charge on any atom is -0.354 e. The Morgan fingerprint density at radius 3 is 2.40 bits per heavy atom. The number of carbonyl (C=O) groups is 2. The summed E-state index contributed by atoms with van der Waals surface area (Å²) in [5.41, 5.74) is 1.44. The molecule has 1 unspecified atom stereocenters. The summed E-state index contributed by atoms with van der Waals surface area (Å²) in [4.78, 5) is 29.4. The molecule has 0 spiro atoms. The van der Waals surface area contributed by atoms with E-state index in [2.05, 4.69) is 50.8 Å². The second kappa shape index (κ2) is 10.4. The monoisotopic (exact) mass is 412 g/mol. The van der Waals surface area contributed by atoms with Crippen molar-refractivity contribution in [2.24, 2.45) is 5.92 Å². The van der Waals surface area contributed by atoms with Gasteiger partial charge < -0.3 is 20.4 Å². The van der Waals surface area contributed by atoms with E-state index in [4.69, 9.17) is 0 Å². The summed E-state index contributed by atoms with van der Waals surface area (Å²) in [6.07, 6.45) is 7.42. The first-order chi connectivity index (χ1) is 14.7. The molecule has 1 aromatic carbocycles. The molecular formula is C24H36N4O2. The van der Waals surface area contributed by atoms with Gasteiger partial charge in [-0.1, -0.05) is 30.3 Å². The molecule has 1 aromatic rings. The number of nitrogens with zero attached hydrogens (tertiary/aromatic N) is 2. The van der Waals surface area contributed by atoms with E-state index in [1.165, 1.54) is 50.9 Å². The van der Waals surface area contributed by atoms with E-state index >= 15 is 0 Å². The van der Waals surface area contributed by atoms with Gasteiger partial charge in [-0.25, -0.2) is 0 Å². The van der Waals surface area contributed by atoms with E-state index in [0.29, 0.717) is 19.0 Å². The summed E-state index contributed by atoms with van der Waals surface area (Å²) >= 11 is 0. The van der Waals surface area contributed by atoms with E-state index < -0.39 is 0 Å². The Morgan fingerprint density at radius 2 is 1.73 bits per heavy atom. The van der Waals surface area contributed by atoms with E-state index in [0.717, 1.165) is 25.9 Å². The number of rotatable bonds is 7. The van der Waals surface area contributed by atoms with Gasteiger partial charge in [-0.3, -0.25) is 9.59 Å². The lowest BCUT2D eigenvalue weighted by Gasteiger charge is -2.41. The first-order valence-corrected chi connectivity index (χ1v) is 11.8. The van der Waals surface area contributed by atoms with Gasteiger partial charge in [-0.05, 0) is 83.2 Å². The molecule has 164 valence electrons. The Morgan fingerprint density at radius 1 is 1.00 bits per heavy atom. The topological polar surface area (TPSA) is 64.7 Å². The summed E-state index contributed by atoms with van der Waals surface area (Å²) in [7, 11) is 0. The van der Waals surface area contributed by atoms with Crippen molar-refractivity contribution < 1.29 is 9.59 Å². The first-order valence-electron chi connectivity index (χ1n) is 11.8. The van der Waals surface area contributed by atoms with Gasteiger partial charge in [0.15, 0.2) is 0 Å². The number of likely N-dealkylation sites (tertiary alicyclic amines) is 2. The number of carbonyl (C=O) groups excluding carboxylic acids is 2. The maximum Gasteiger partial charge on any atom is 0.242 e. The number of benzene rings is 1. The molecule has 6 nitrogen and oxygen atoms in total. The quantitative estimate of drug-likeness (QED) is 0.717. The number of piperidine rings is 2. The van der Waals surface area contributed by atoms with Crippen LogP contribution in [0.3, 0.4) is 0 Å². The van der Waals surface area contributed by atoms with Crippen LogP contribution in [-0.2, 0) is 16.0 Å². The van der Waals surface area contributed by atoms with Crippen LogP contribution in [0.4, 0.5) is 0 Å². The van der Waals surface area contributed by atoms with Crippen molar-refractivity contribution >= 4 is 11.8 Å². The van der Waals surface area contributed by atoms with Gasteiger partial charge >= 0.3 is 0 Å². The van der Waals surface area contributed by atoms with Crippen LogP contribution in [0, 0.1) is 5.92 Å². The molecule has 3 saturated heterocycles. The third-order valence-corrected chi connectivity index (χ3v) is 7.12. The molecular weight excluding hydrogens is 376 g/mol. The lowest BCUT2D eigenvalue weighted by atomic mass is 9.92. The summed E-state index contributed by atoms with van der Waals surface area (Å²) in [5, 5.41) is 5.74. The standard InChI is InChI=1S/C24H36N4O2/c29-23(26-22-8-13-25-24(22)30)20-9-17-28(18-10-20)21-11-15-27(16-12-21)14-4-7-19-5-2-1-3-6-19/h1-3,5-6,20-22H,4,7-18H2,(H,25,30)(H,26,29). The average Bonchev–Trinajstić information content (AvgIpc) is 3.19. The molecule has 0 saturated carbocycles. The van der Waals surface area contributed by atoms with Crippen molar-refractivity contribution in [3.8, 4) is 0 Å². The summed E-state index contributed by atoms with van der Waals surface area (Å²) in [6, 6.07) is 11.1. The number of hydrogen-bond acceptors (Lipinski definition) is 4. The van der Waals surface area contributed by atoms with Crippen LogP contribution in [0.2, 0.25) is 0 Å². The smallest absolute Gasteiger partial charge is 0.242 e. The SMILES string of the molecule is O=C(NC1CCNC1=O)C1CCN(C2CCN(CCCc3ccccc3)CC2)CC1. The van der Waals surface area contributed by atoms with Crippen LogP contribution in [0.5, 0.6) is 0 Å². The molecule has 2 N–H and O–H groups in total. The van der Waals surface area contributed by atoms with Gasteiger partial charge in [-0.2, -0.15) is 0 Å². The zero-order valence-electron chi connectivity index (χ0n) is 18.0. The molecule has 0 radical (unpaired) electrons. The molecule has 1 atom stereocenters. The molecule has 0 aliphatic carbocycles. The first kappa shape index (κ1) is 21.3. The fourth-order valence-electron chi connectivity index (χ4n) is 5.21. The van der Waals surface area contributed by atoms with Crippen LogP contribution in [0.15, 0.2) is 30.3 Å². The molecule has 0 aromatic heterocycles. The van der Waals surface area contributed by atoms with Crippen molar-refractivity contribution in [1.29, 1.82) is 0 Å². The van der Waals surface area contributed by atoms with Gasteiger partial charge in [0.25, 0.3) is 0 Å². The van der Waals surface area contributed by atoms with Crippen molar-refractivity contribution in [2.75, 3.05) is 39.3 Å². The van der Waals surface area contributed by atoms with Gasteiger partial charge in [0.05, 0.1) is 0 Å². The molecule has 30 heavy (non-hydrogen) atoms. The molecule has 3 aliphatic rings. The van der Waals surface area contributed by atoms with Crippen molar-refractivity contribution in [2.45, 2.75) is 57.0 Å². The summed E-state index contributed by atoms with van der Waals surface area (Å²) in [6.45, 7) is 6.26. The second-order valence-electron chi connectivity index (χ2n) is 9.11. The number of aryl methyl sites for hydroxylation is 1. The Kier molecular flexibility index (Phi) is 7.39. The lowest BCUT2D eigenvalue weighted by Crippen LogP contribution is -2.50. The minimum atomic E-state index is -0.318. The Balaban J connectivity index is 1.12. The Hall–Kier alpha value is -1.92. The van der Waals surface area contributed by atoms with E-state index in [1.807, 2.05) is 0 Å². The average molecular weight is 413 g/mol. The van der Waals surface area contributed by atoms with Gasteiger partial charge in [0.1, 0.15) is 6.04 Å². The van der Waals surface area contributed by atoms with E-state index in [9.17, 15) is 9.59 Å². The fourth-order valence-corrected chi connectivity index (χ4v) is 5.21. The highest BCUT2D eigenvalue weighted by molar-refractivity contribution is 5.89. The van der Waals surface area contributed by atoms with Crippen LogP contribution in [0.1, 0.15) is 44.1 Å². The molecule has 3 fully saturated rings. The maximum absolute atomic E-state index is 12.5. The Labute approximate surface area is 180 Å². The van der Waals surface area contributed by atoms with Crippen LogP contribution < -0.4 is 10.6 Å². The highest BCUT2D eigenvalue weighted by atomic mass is 16.2. The zero-order chi connectivity index (χ0) is 20.8. The summed E-state index contributed by atoms with van der Waals surface area (Å²) < 4.78 is 0. The molecule has 6 heteroatoms. The highest BCUT2D eigenvalue weighted by Crippen LogP contribution is 2.24. The molecule has 3 heterocycles. The number of hydrogen-bond donors (Lipinski definition) is 2. The number of amides is 2. The highest BCUT2D eigenvalue weighted by Gasteiger charge is 2.33. The van der Waals surface area contributed by atoms with Crippen molar-refractivity contribution in [3.63, 3.8) is 0 Å². The predicted octanol–water partition coefficient (Wildman–Crippen LogP) is 1.80. The largest absolute Gasteiger partial charge is 0.354 e. The maximum atomic E-state index is 12.5. The molecule has 0 bridgehead atoms. The zero-order valence-corrected chi connectivity index (χ0v) is 18.0. The van der Waals surface area contributed by atoms with Gasteiger partial charge in [-0.15, -0.1) is 0 Å². The van der Waals surface area contributed by atoms with Gasteiger partial charge in [0, 0.05) is 18.5 Å². The van der Waals surface area contributed by atoms with Crippen LogP contribution >= 0.6 is 0 Å². The van der Waals surface area contributed by atoms with Crippen LogP contribution in [-0.4, -0.2) is 73.0 Å². The molecule has 2 amide bonds. The molecule has 4 rings (SSSR count). The summed E-state index contributed by atoms with van der Waals surface area (Å²) in [5.74, 6) is 0.106. The Bertz CT molecular complexity index is 694. The van der Waals surface area contributed by atoms with E-state index in [1.54, 1.807) is 0 Å². The lowest BCUT2D eigenvalue weighted by molar-refractivity contribution is -0.131. The van der Waals surface area contributed by atoms with Crippen LogP contribution in [0.25, 0.3) is 0 Å². The minimum absolute atomic E-state index is 0.0312. The fraction of sp³-hybridized carbons (Fsp3) is 0.667.